The third kappa shape index (κ3) is 4.05. The zero-order chi connectivity index (χ0) is 19.7. The summed E-state index contributed by atoms with van der Waals surface area (Å²) in [6.07, 6.45) is 1.02. The van der Waals surface area contributed by atoms with E-state index in [-0.39, 0.29) is 5.56 Å². The van der Waals surface area contributed by atoms with E-state index < -0.39 is 11.7 Å². The van der Waals surface area contributed by atoms with Gasteiger partial charge in [0.05, 0.1) is 11.3 Å². The van der Waals surface area contributed by atoms with Crippen molar-refractivity contribution in [3.05, 3.63) is 59.9 Å². The van der Waals surface area contributed by atoms with E-state index in [2.05, 4.69) is 25.6 Å². The lowest BCUT2D eigenvalue weighted by molar-refractivity contribution is -0.138. The Hall–Kier alpha value is -3.16. The summed E-state index contributed by atoms with van der Waals surface area (Å²) in [5.74, 6) is 0.872. The van der Waals surface area contributed by atoms with Crippen molar-refractivity contribution in [1.82, 2.24) is 15.0 Å². The van der Waals surface area contributed by atoms with E-state index in [0.717, 1.165) is 24.5 Å². The van der Waals surface area contributed by atoms with Crippen LogP contribution >= 0.6 is 0 Å². The van der Waals surface area contributed by atoms with Gasteiger partial charge in [0.15, 0.2) is 0 Å². The maximum Gasteiger partial charge on any atom is 0.416 e. The number of anilines is 3. The van der Waals surface area contributed by atoms with Crippen molar-refractivity contribution in [3.63, 3.8) is 0 Å². The van der Waals surface area contributed by atoms with E-state index in [1.54, 1.807) is 24.5 Å². The summed E-state index contributed by atoms with van der Waals surface area (Å²) >= 11 is 0. The van der Waals surface area contributed by atoms with Gasteiger partial charge in [0.1, 0.15) is 5.82 Å². The molecular weight excluding hydrogens is 367 g/mol. The molecule has 0 amide bonds. The summed E-state index contributed by atoms with van der Waals surface area (Å²) in [5, 5.41) is 6.27. The van der Waals surface area contributed by atoms with E-state index in [9.17, 15) is 13.2 Å². The smallest absolute Gasteiger partial charge is 0.351 e. The largest absolute Gasteiger partial charge is 0.416 e. The van der Waals surface area contributed by atoms with Gasteiger partial charge < -0.3 is 10.6 Å². The molecule has 2 heterocycles. The Morgan fingerprint density at radius 1 is 1.04 bits per heavy atom. The first-order chi connectivity index (χ1) is 13.4. The van der Waals surface area contributed by atoms with E-state index >= 15 is 0 Å². The Bertz CT molecular complexity index is 985. The number of rotatable bonds is 5. The second kappa shape index (κ2) is 7.10. The minimum absolute atomic E-state index is 0.121. The molecule has 1 aliphatic carbocycles. The van der Waals surface area contributed by atoms with Crippen molar-refractivity contribution in [2.45, 2.75) is 32.0 Å². The predicted molar refractivity (Wildman–Crippen MR) is 101 cm³/mol. The van der Waals surface area contributed by atoms with Gasteiger partial charge in [-0.25, -0.2) is 4.98 Å². The molecule has 1 saturated carbocycles. The number of alkyl halides is 3. The lowest BCUT2D eigenvalue weighted by Crippen LogP contribution is -2.10. The number of halogens is 3. The zero-order valence-electron chi connectivity index (χ0n) is 15.1. The maximum atomic E-state index is 13.2. The average Bonchev–Trinajstić information content (AvgIpc) is 3.47. The van der Waals surface area contributed by atoms with Crippen LogP contribution in [0.2, 0.25) is 0 Å². The van der Waals surface area contributed by atoms with Crippen LogP contribution in [0.15, 0.2) is 48.8 Å². The number of benzene rings is 1. The van der Waals surface area contributed by atoms with Gasteiger partial charge in [0.2, 0.25) is 5.95 Å². The zero-order valence-corrected chi connectivity index (χ0v) is 15.1. The summed E-state index contributed by atoms with van der Waals surface area (Å²) in [6.45, 7) is 1.44. The summed E-state index contributed by atoms with van der Waals surface area (Å²) in [7, 11) is 0. The molecule has 4 rings (SSSR count). The molecule has 0 aliphatic heterocycles. The first kappa shape index (κ1) is 18.2. The van der Waals surface area contributed by atoms with Crippen LogP contribution in [-0.2, 0) is 6.18 Å². The third-order valence-corrected chi connectivity index (χ3v) is 4.51. The second-order valence-electron chi connectivity index (χ2n) is 6.72. The quantitative estimate of drug-likeness (QED) is 0.633. The second-order valence-corrected chi connectivity index (χ2v) is 6.72. The Balaban J connectivity index is 1.71. The highest BCUT2D eigenvalue weighted by Gasteiger charge is 2.33. The van der Waals surface area contributed by atoms with Crippen LogP contribution in [0.3, 0.4) is 0 Å². The van der Waals surface area contributed by atoms with Crippen LogP contribution in [0.5, 0.6) is 0 Å². The number of nitrogens with one attached hydrogen (secondary N) is 2. The molecule has 0 unspecified atom stereocenters. The minimum Gasteiger partial charge on any atom is -0.351 e. The molecule has 2 aromatic heterocycles. The third-order valence-electron chi connectivity index (χ3n) is 4.51. The van der Waals surface area contributed by atoms with E-state index in [4.69, 9.17) is 0 Å². The van der Waals surface area contributed by atoms with Crippen molar-refractivity contribution in [2.24, 2.45) is 0 Å². The first-order valence-electron chi connectivity index (χ1n) is 8.90. The molecule has 3 aromatic rings. The number of aromatic nitrogens is 3. The molecule has 2 N–H and O–H groups in total. The normalized spacial score (nSPS) is 14.0. The lowest BCUT2D eigenvalue weighted by atomic mass is 10.1. The fourth-order valence-electron chi connectivity index (χ4n) is 2.87. The van der Waals surface area contributed by atoms with Gasteiger partial charge in [-0.15, -0.1) is 0 Å². The van der Waals surface area contributed by atoms with E-state index in [1.807, 2.05) is 12.1 Å². The van der Waals surface area contributed by atoms with E-state index in [1.165, 1.54) is 13.0 Å². The van der Waals surface area contributed by atoms with Crippen LogP contribution in [0.1, 0.15) is 24.0 Å². The molecule has 1 fully saturated rings. The van der Waals surface area contributed by atoms with Gasteiger partial charge >= 0.3 is 6.18 Å². The Kier molecular flexibility index (Phi) is 4.62. The molecule has 8 heteroatoms. The highest BCUT2D eigenvalue weighted by Crippen LogP contribution is 2.35. The molecular formula is C20H18F3N5. The summed E-state index contributed by atoms with van der Waals surface area (Å²) in [6, 6.07) is 9.76. The Morgan fingerprint density at radius 2 is 1.79 bits per heavy atom. The van der Waals surface area contributed by atoms with Crippen LogP contribution in [0, 0.1) is 6.92 Å². The SMILES string of the molecule is Cc1c(Nc2cc(-c3ccncc3)nc(NC3CC3)n2)cccc1C(F)(F)F. The standard InChI is InChI=1S/C20H18F3N5/c1-12-15(20(21,22)23)3-2-4-16(12)26-18-11-17(13-7-9-24-10-8-13)27-19(28-18)25-14-5-6-14/h2-4,7-11,14H,5-6H2,1H3,(H2,25,26,27,28). The monoisotopic (exact) mass is 385 g/mol. The van der Waals surface area contributed by atoms with Gasteiger partial charge in [-0.1, -0.05) is 6.07 Å². The van der Waals surface area contributed by atoms with Crippen LogP contribution in [-0.4, -0.2) is 21.0 Å². The fraction of sp³-hybridized carbons (Fsp3) is 0.250. The van der Waals surface area contributed by atoms with Crippen LogP contribution in [0.25, 0.3) is 11.3 Å². The Morgan fingerprint density at radius 3 is 2.46 bits per heavy atom. The summed E-state index contributed by atoms with van der Waals surface area (Å²) in [5.41, 5.74) is 1.31. The van der Waals surface area contributed by atoms with Gasteiger partial charge in [-0.3, -0.25) is 4.98 Å². The number of hydrogen-bond donors (Lipinski definition) is 2. The van der Waals surface area contributed by atoms with Crippen molar-refractivity contribution in [1.29, 1.82) is 0 Å². The fourth-order valence-corrected chi connectivity index (χ4v) is 2.87. The molecule has 1 aliphatic rings. The van der Waals surface area contributed by atoms with Crippen molar-refractivity contribution in [3.8, 4) is 11.3 Å². The Labute approximate surface area is 160 Å². The van der Waals surface area contributed by atoms with Crippen LogP contribution in [0.4, 0.5) is 30.6 Å². The van der Waals surface area contributed by atoms with Gasteiger partial charge in [0, 0.05) is 35.8 Å². The van der Waals surface area contributed by atoms with Crippen molar-refractivity contribution < 1.29 is 13.2 Å². The number of nitrogens with zero attached hydrogens (tertiary/aromatic N) is 3. The van der Waals surface area contributed by atoms with Gasteiger partial charge in [-0.05, 0) is 49.6 Å². The minimum atomic E-state index is -4.41. The first-order valence-corrected chi connectivity index (χ1v) is 8.90. The molecule has 0 saturated heterocycles. The summed E-state index contributed by atoms with van der Waals surface area (Å²) in [4.78, 5) is 13.0. The topological polar surface area (TPSA) is 62.7 Å². The van der Waals surface area contributed by atoms with Crippen molar-refractivity contribution in [2.75, 3.05) is 10.6 Å². The molecule has 0 spiro atoms. The number of hydrogen-bond acceptors (Lipinski definition) is 5. The molecule has 5 nitrogen and oxygen atoms in total. The molecule has 28 heavy (non-hydrogen) atoms. The maximum absolute atomic E-state index is 13.2. The van der Waals surface area contributed by atoms with Gasteiger partial charge in [0.25, 0.3) is 0 Å². The molecule has 0 bridgehead atoms. The molecule has 0 atom stereocenters. The average molecular weight is 385 g/mol. The van der Waals surface area contributed by atoms with Crippen LogP contribution < -0.4 is 10.6 Å². The highest BCUT2D eigenvalue weighted by molar-refractivity contribution is 5.69. The van der Waals surface area contributed by atoms with E-state index in [0.29, 0.717) is 29.2 Å². The predicted octanol–water partition coefficient (Wildman–Crippen LogP) is 5.18. The lowest BCUT2D eigenvalue weighted by Gasteiger charge is -2.16. The summed E-state index contributed by atoms with van der Waals surface area (Å²) < 4.78 is 39.6. The van der Waals surface area contributed by atoms with Crippen molar-refractivity contribution >= 4 is 17.5 Å². The highest BCUT2D eigenvalue weighted by atomic mass is 19.4. The number of pyridine rings is 1. The molecule has 0 radical (unpaired) electrons. The molecule has 1 aromatic carbocycles. The van der Waals surface area contributed by atoms with Gasteiger partial charge in [-0.2, -0.15) is 18.2 Å². The molecule has 144 valence electrons.